The normalized spacial score (nSPS) is 15.5. The predicted octanol–water partition coefficient (Wildman–Crippen LogP) is 2.80. The molecule has 0 radical (unpaired) electrons. The maximum Gasteiger partial charge on any atom is 0.246 e. The van der Waals surface area contributed by atoms with Crippen molar-refractivity contribution in [2.75, 3.05) is 13.1 Å². The van der Waals surface area contributed by atoms with Crippen molar-refractivity contribution in [2.45, 2.75) is 32.6 Å². The minimum atomic E-state index is 0.0893. The zero-order valence-electron chi connectivity index (χ0n) is 13.4. The Hall–Kier alpha value is -2.50. The Morgan fingerprint density at radius 3 is 2.61 bits per heavy atom. The molecule has 0 spiro atoms. The summed E-state index contributed by atoms with van der Waals surface area (Å²) in [5, 5.41) is 4.05. The fraction of sp³-hybridized carbons (Fsp3) is 0.412. The monoisotopic (exact) mass is 312 g/mol. The number of nitrogens with zero attached hydrogens (tertiary/aromatic N) is 4. The number of carbonyl (C=O) groups excluding carboxylic acids is 1. The molecule has 1 saturated heterocycles. The van der Waals surface area contributed by atoms with Crippen LogP contribution in [0.3, 0.4) is 0 Å². The molecule has 23 heavy (non-hydrogen) atoms. The lowest BCUT2D eigenvalue weighted by Crippen LogP contribution is -2.37. The van der Waals surface area contributed by atoms with E-state index in [0.29, 0.717) is 11.7 Å². The van der Waals surface area contributed by atoms with Crippen LogP contribution in [0.2, 0.25) is 0 Å². The number of allylic oxidation sites excluding steroid dienone is 1. The number of carbonyl (C=O) groups is 1. The lowest BCUT2D eigenvalue weighted by Gasteiger charge is -2.29. The second kappa shape index (κ2) is 6.73. The van der Waals surface area contributed by atoms with Gasteiger partial charge in [0.1, 0.15) is 0 Å². The summed E-state index contributed by atoms with van der Waals surface area (Å²) in [6, 6.07) is 3.71. The van der Waals surface area contributed by atoms with Crippen LogP contribution in [0.5, 0.6) is 0 Å². The third-order valence-corrected chi connectivity index (χ3v) is 3.95. The molecule has 6 nitrogen and oxygen atoms in total. The van der Waals surface area contributed by atoms with Gasteiger partial charge in [-0.15, -0.1) is 0 Å². The molecule has 0 saturated carbocycles. The van der Waals surface area contributed by atoms with Gasteiger partial charge in [-0.3, -0.25) is 9.78 Å². The fourth-order valence-electron chi connectivity index (χ4n) is 2.70. The molecule has 1 aliphatic rings. The molecule has 0 N–H and O–H groups in total. The van der Waals surface area contributed by atoms with Gasteiger partial charge in [-0.05, 0) is 38.8 Å². The number of likely N-dealkylation sites (tertiary alicyclic amines) is 1. The van der Waals surface area contributed by atoms with E-state index in [-0.39, 0.29) is 11.8 Å². The number of pyridine rings is 1. The van der Waals surface area contributed by atoms with Crippen LogP contribution in [-0.4, -0.2) is 39.0 Å². The number of amides is 1. The first-order chi connectivity index (χ1) is 11.1. The van der Waals surface area contributed by atoms with Gasteiger partial charge in [0.2, 0.25) is 17.6 Å². The molecule has 1 amide bonds. The van der Waals surface area contributed by atoms with Gasteiger partial charge in [-0.25, -0.2) is 0 Å². The molecule has 6 heteroatoms. The van der Waals surface area contributed by atoms with Gasteiger partial charge < -0.3 is 9.42 Å². The molecule has 3 rings (SSSR count). The molecule has 1 fully saturated rings. The van der Waals surface area contributed by atoms with E-state index in [1.54, 1.807) is 18.5 Å². The van der Waals surface area contributed by atoms with E-state index >= 15 is 0 Å². The van der Waals surface area contributed by atoms with Gasteiger partial charge >= 0.3 is 0 Å². The van der Waals surface area contributed by atoms with Crippen molar-refractivity contribution in [3.8, 4) is 11.4 Å². The first-order valence-corrected chi connectivity index (χ1v) is 7.81. The van der Waals surface area contributed by atoms with E-state index < -0.39 is 0 Å². The third-order valence-electron chi connectivity index (χ3n) is 3.95. The zero-order chi connectivity index (χ0) is 16.2. The van der Waals surface area contributed by atoms with E-state index in [1.165, 1.54) is 0 Å². The Labute approximate surface area is 135 Å². The SMILES string of the molecule is CC(C)=CC(=O)N1CCC(c2nc(-c3ccncc3)no2)CC1. The lowest BCUT2D eigenvalue weighted by atomic mass is 9.96. The number of hydrogen-bond acceptors (Lipinski definition) is 5. The van der Waals surface area contributed by atoms with Crippen LogP contribution >= 0.6 is 0 Å². The van der Waals surface area contributed by atoms with Gasteiger partial charge in [-0.2, -0.15) is 4.98 Å². The summed E-state index contributed by atoms with van der Waals surface area (Å²) in [6.07, 6.45) is 6.80. The first-order valence-electron chi connectivity index (χ1n) is 7.81. The largest absolute Gasteiger partial charge is 0.339 e. The Morgan fingerprint density at radius 1 is 1.26 bits per heavy atom. The maximum atomic E-state index is 12.0. The van der Waals surface area contributed by atoms with Crippen molar-refractivity contribution in [1.82, 2.24) is 20.0 Å². The summed E-state index contributed by atoms with van der Waals surface area (Å²) in [7, 11) is 0. The van der Waals surface area contributed by atoms with Crippen molar-refractivity contribution in [2.24, 2.45) is 0 Å². The highest BCUT2D eigenvalue weighted by atomic mass is 16.5. The number of hydrogen-bond donors (Lipinski definition) is 0. The topological polar surface area (TPSA) is 72.1 Å². The Balaban J connectivity index is 1.64. The van der Waals surface area contributed by atoms with E-state index in [4.69, 9.17) is 4.52 Å². The van der Waals surface area contributed by atoms with Gasteiger partial charge in [0.05, 0.1) is 0 Å². The van der Waals surface area contributed by atoms with E-state index in [9.17, 15) is 4.79 Å². The molecule has 0 atom stereocenters. The van der Waals surface area contributed by atoms with Gasteiger partial charge in [-0.1, -0.05) is 10.7 Å². The maximum absolute atomic E-state index is 12.0. The number of rotatable bonds is 3. The number of aromatic nitrogens is 3. The van der Waals surface area contributed by atoms with Crippen molar-refractivity contribution < 1.29 is 9.32 Å². The minimum Gasteiger partial charge on any atom is -0.339 e. The first kappa shape index (κ1) is 15.4. The van der Waals surface area contributed by atoms with Gasteiger partial charge in [0, 0.05) is 43.0 Å². The lowest BCUT2D eigenvalue weighted by molar-refractivity contribution is -0.127. The minimum absolute atomic E-state index is 0.0893. The van der Waals surface area contributed by atoms with Gasteiger partial charge in [0.25, 0.3) is 0 Å². The summed E-state index contributed by atoms with van der Waals surface area (Å²) in [6.45, 7) is 5.31. The van der Waals surface area contributed by atoms with Crippen LogP contribution in [-0.2, 0) is 4.79 Å². The standard InChI is InChI=1S/C17H20N4O2/c1-12(2)11-15(22)21-9-5-14(6-10-21)17-19-16(20-23-17)13-3-7-18-8-4-13/h3-4,7-8,11,14H,5-6,9-10H2,1-2H3. The quantitative estimate of drug-likeness (QED) is 0.815. The second-order valence-corrected chi connectivity index (χ2v) is 6.01. The van der Waals surface area contributed by atoms with Crippen LogP contribution in [0.25, 0.3) is 11.4 Å². The molecule has 2 aromatic heterocycles. The van der Waals surface area contributed by atoms with Crippen molar-refractivity contribution >= 4 is 5.91 Å². The predicted molar refractivity (Wildman–Crippen MR) is 85.5 cm³/mol. The molecule has 3 heterocycles. The van der Waals surface area contributed by atoms with Crippen LogP contribution < -0.4 is 0 Å². The molecule has 2 aromatic rings. The highest BCUT2D eigenvalue weighted by Gasteiger charge is 2.27. The summed E-state index contributed by atoms with van der Waals surface area (Å²) in [5.74, 6) is 1.55. The van der Waals surface area contributed by atoms with Crippen molar-refractivity contribution in [3.05, 3.63) is 42.1 Å². The molecule has 0 unspecified atom stereocenters. The average molecular weight is 312 g/mol. The van der Waals surface area contributed by atoms with Gasteiger partial charge in [0.15, 0.2) is 0 Å². The van der Waals surface area contributed by atoms with Crippen LogP contribution in [0.1, 0.15) is 38.5 Å². The number of piperidine rings is 1. The van der Waals surface area contributed by atoms with E-state index in [0.717, 1.165) is 37.1 Å². The summed E-state index contributed by atoms with van der Waals surface area (Å²) >= 11 is 0. The Bertz CT molecular complexity index is 696. The zero-order valence-corrected chi connectivity index (χ0v) is 13.4. The highest BCUT2D eigenvalue weighted by molar-refractivity contribution is 5.88. The van der Waals surface area contributed by atoms with Crippen LogP contribution in [0, 0.1) is 0 Å². The van der Waals surface area contributed by atoms with Crippen molar-refractivity contribution in [1.29, 1.82) is 0 Å². The summed E-state index contributed by atoms with van der Waals surface area (Å²) < 4.78 is 5.42. The third kappa shape index (κ3) is 3.64. The Morgan fingerprint density at radius 2 is 1.96 bits per heavy atom. The average Bonchev–Trinajstić information content (AvgIpc) is 3.05. The molecule has 0 bridgehead atoms. The Kier molecular flexibility index (Phi) is 4.50. The summed E-state index contributed by atoms with van der Waals surface area (Å²) in [5.41, 5.74) is 1.92. The molecular weight excluding hydrogens is 292 g/mol. The van der Waals surface area contributed by atoms with Crippen LogP contribution in [0.4, 0.5) is 0 Å². The van der Waals surface area contributed by atoms with Crippen LogP contribution in [0.15, 0.2) is 40.7 Å². The molecule has 0 aromatic carbocycles. The molecular formula is C17H20N4O2. The summed E-state index contributed by atoms with van der Waals surface area (Å²) in [4.78, 5) is 22.4. The fourth-order valence-corrected chi connectivity index (χ4v) is 2.70. The second-order valence-electron chi connectivity index (χ2n) is 6.01. The molecule has 0 aliphatic carbocycles. The van der Waals surface area contributed by atoms with E-state index in [1.807, 2.05) is 30.9 Å². The molecule has 1 aliphatic heterocycles. The molecule has 120 valence electrons. The smallest absolute Gasteiger partial charge is 0.246 e. The van der Waals surface area contributed by atoms with Crippen molar-refractivity contribution in [3.63, 3.8) is 0 Å². The highest BCUT2D eigenvalue weighted by Crippen LogP contribution is 2.28. The van der Waals surface area contributed by atoms with E-state index in [2.05, 4.69) is 15.1 Å².